The number of carbonyl (C=O) groups excluding carboxylic acids is 1. The second-order valence-electron chi connectivity index (χ2n) is 5.17. The summed E-state index contributed by atoms with van der Waals surface area (Å²) in [6, 6.07) is 0.389. The van der Waals surface area contributed by atoms with Gasteiger partial charge in [0.25, 0.3) is 0 Å². The molecule has 1 heterocycles. The molecular formula is C14H23NO2. The minimum atomic E-state index is 0.217. The maximum Gasteiger partial charge on any atom is 0.226 e. The highest BCUT2D eigenvalue weighted by atomic mass is 16.3. The van der Waals surface area contributed by atoms with Crippen LogP contribution in [-0.2, 0) is 4.79 Å². The van der Waals surface area contributed by atoms with Crippen LogP contribution in [0.1, 0.15) is 44.9 Å². The SMILES string of the molecule is O=C(C1CC=CCC1)N1CCCC1CCCO. The fraction of sp³-hybridized carbons (Fsp3) is 0.786. The smallest absolute Gasteiger partial charge is 0.226 e. The van der Waals surface area contributed by atoms with Crippen LogP contribution in [0.2, 0.25) is 0 Å². The third kappa shape index (κ3) is 3.09. The van der Waals surface area contributed by atoms with Crippen molar-refractivity contribution < 1.29 is 9.90 Å². The van der Waals surface area contributed by atoms with E-state index in [9.17, 15) is 4.79 Å². The first-order chi connectivity index (χ1) is 8.33. The second-order valence-corrected chi connectivity index (χ2v) is 5.17. The minimum Gasteiger partial charge on any atom is -0.396 e. The van der Waals surface area contributed by atoms with E-state index in [1.165, 1.54) is 0 Å². The number of amides is 1. The molecule has 2 unspecified atom stereocenters. The maximum atomic E-state index is 12.4. The Kier molecular flexibility index (Phi) is 4.60. The van der Waals surface area contributed by atoms with Gasteiger partial charge in [-0.1, -0.05) is 12.2 Å². The number of nitrogens with zero attached hydrogens (tertiary/aromatic N) is 1. The normalized spacial score (nSPS) is 28.6. The van der Waals surface area contributed by atoms with Crippen molar-refractivity contribution in [3.63, 3.8) is 0 Å². The van der Waals surface area contributed by atoms with Gasteiger partial charge in [0.05, 0.1) is 0 Å². The second kappa shape index (κ2) is 6.20. The summed E-state index contributed by atoms with van der Waals surface area (Å²) in [5.41, 5.74) is 0. The molecule has 0 bridgehead atoms. The van der Waals surface area contributed by atoms with Crippen LogP contribution in [0, 0.1) is 5.92 Å². The van der Waals surface area contributed by atoms with E-state index in [2.05, 4.69) is 17.1 Å². The summed E-state index contributed by atoms with van der Waals surface area (Å²) in [7, 11) is 0. The zero-order valence-electron chi connectivity index (χ0n) is 10.5. The molecule has 2 aliphatic rings. The summed E-state index contributed by atoms with van der Waals surface area (Å²) in [4.78, 5) is 14.5. The molecule has 0 aromatic heterocycles. The molecule has 0 spiro atoms. The summed E-state index contributed by atoms with van der Waals surface area (Å²) in [6.07, 6.45) is 11.3. The van der Waals surface area contributed by atoms with Crippen LogP contribution in [0.4, 0.5) is 0 Å². The summed E-state index contributed by atoms with van der Waals surface area (Å²) in [5.74, 6) is 0.574. The molecule has 2 rings (SSSR count). The van der Waals surface area contributed by atoms with Gasteiger partial charge in [0.15, 0.2) is 0 Å². The molecule has 3 heteroatoms. The topological polar surface area (TPSA) is 40.5 Å². The van der Waals surface area contributed by atoms with Crippen LogP contribution in [0.3, 0.4) is 0 Å². The molecule has 2 atom stereocenters. The average Bonchev–Trinajstić information content (AvgIpc) is 2.84. The Balaban J connectivity index is 1.90. The number of allylic oxidation sites excluding steroid dienone is 2. The van der Waals surface area contributed by atoms with Crippen molar-refractivity contribution in [3.05, 3.63) is 12.2 Å². The number of likely N-dealkylation sites (tertiary alicyclic amines) is 1. The molecule has 0 aromatic rings. The fourth-order valence-corrected chi connectivity index (χ4v) is 3.01. The van der Waals surface area contributed by atoms with Crippen LogP contribution in [0.5, 0.6) is 0 Å². The van der Waals surface area contributed by atoms with Crippen LogP contribution >= 0.6 is 0 Å². The Labute approximate surface area is 103 Å². The molecule has 1 aliphatic heterocycles. The van der Waals surface area contributed by atoms with Gasteiger partial charge in [-0.3, -0.25) is 4.79 Å². The van der Waals surface area contributed by atoms with Crippen molar-refractivity contribution in [2.45, 2.75) is 51.0 Å². The predicted molar refractivity (Wildman–Crippen MR) is 67.5 cm³/mol. The van der Waals surface area contributed by atoms with Crippen LogP contribution in [0.25, 0.3) is 0 Å². The Morgan fingerprint density at radius 2 is 2.24 bits per heavy atom. The highest BCUT2D eigenvalue weighted by Gasteiger charge is 2.32. The highest BCUT2D eigenvalue weighted by molar-refractivity contribution is 5.79. The zero-order chi connectivity index (χ0) is 12.1. The number of rotatable bonds is 4. The van der Waals surface area contributed by atoms with E-state index in [1.54, 1.807) is 0 Å². The van der Waals surface area contributed by atoms with Crippen LogP contribution in [-0.4, -0.2) is 35.1 Å². The van der Waals surface area contributed by atoms with Crippen LogP contribution in [0.15, 0.2) is 12.2 Å². The first-order valence-corrected chi connectivity index (χ1v) is 6.89. The zero-order valence-corrected chi connectivity index (χ0v) is 10.5. The molecular weight excluding hydrogens is 214 g/mol. The lowest BCUT2D eigenvalue weighted by molar-refractivity contribution is -0.136. The summed E-state index contributed by atoms with van der Waals surface area (Å²) in [6.45, 7) is 1.17. The molecule has 0 radical (unpaired) electrons. The largest absolute Gasteiger partial charge is 0.396 e. The van der Waals surface area contributed by atoms with Crippen molar-refractivity contribution >= 4 is 5.91 Å². The van der Waals surface area contributed by atoms with E-state index >= 15 is 0 Å². The number of carbonyl (C=O) groups is 1. The molecule has 0 saturated carbocycles. The molecule has 0 aromatic carbocycles. The van der Waals surface area contributed by atoms with Gasteiger partial charge in [0.1, 0.15) is 0 Å². The lowest BCUT2D eigenvalue weighted by atomic mass is 9.92. The molecule has 1 N–H and O–H groups in total. The minimum absolute atomic E-state index is 0.217. The number of hydrogen-bond acceptors (Lipinski definition) is 2. The average molecular weight is 237 g/mol. The molecule has 1 fully saturated rings. The lowest BCUT2D eigenvalue weighted by Gasteiger charge is -2.29. The van der Waals surface area contributed by atoms with E-state index in [4.69, 9.17) is 5.11 Å². The van der Waals surface area contributed by atoms with E-state index < -0.39 is 0 Å². The van der Waals surface area contributed by atoms with Gasteiger partial charge < -0.3 is 10.0 Å². The monoisotopic (exact) mass is 237 g/mol. The van der Waals surface area contributed by atoms with E-state index in [1.807, 2.05) is 0 Å². The van der Waals surface area contributed by atoms with Gasteiger partial charge in [-0.25, -0.2) is 0 Å². The Morgan fingerprint density at radius 3 is 2.94 bits per heavy atom. The Bertz CT molecular complexity index is 288. The van der Waals surface area contributed by atoms with E-state index in [-0.39, 0.29) is 12.5 Å². The summed E-state index contributed by atoms with van der Waals surface area (Å²) in [5, 5.41) is 8.89. The summed E-state index contributed by atoms with van der Waals surface area (Å²) >= 11 is 0. The first-order valence-electron chi connectivity index (χ1n) is 6.89. The number of hydrogen-bond donors (Lipinski definition) is 1. The molecule has 96 valence electrons. The van der Waals surface area contributed by atoms with Gasteiger partial charge in [-0.15, -0.1) is 0 Å². The molecule has 1 aliphatic carbocycles. The van der Waals surface area contributed by atoms with Gasteiger partial charge in [-0.2, -0.15) is 0 Å². The molecule has 1 amide bonds. The van der Waals surface area contributed by atoms with Crippen molar-refractivity contribution in [3.8, 4) is 0 Å². The number of aliphatic hydroxyl groups excluding tert-OH is 1. The molecule has 3 nitrogen and oxygen atoms in total. The maximum absolute atomic E-state index is 12.4. The van der Waals surface area contributed by atoms with E-state index in [0.29, 0.717) is 11.9 Å². The summed E-state index contributed by atoms with van der Waals surface area (Å²) < 4.78 is 0. The van der Waals surface area contributed by atoms with Crippen molar-refractivity contribution in [1.29, 1.82) is 0 Å². The molecule has 17 heavy (non-hydrogen) atoms. The van der Waals surface area contributed by atoms with Gasteiger partial charge in [0.2, 0.25) is 5.91 Å². The first kappa shape index (κ1) is 12.6. The van der Waals surface area contributed by atoms with Gasteiger partial charge >= 0.3 is 0 Å². The van der Waals surface area contributed by atoms with Crippen molar-refractivity contribution in [2.24, 2.45) is 5.92 Å². The van der Waals surface area contributed by atoms with E-state index in [0.717, 1.165) is 51.5 Å². The van der Waals surface area contributed by atoms with Gasteiger partial charge in [-0.05, 0) is 44.9 Å². The standard InChI is InChI=1S/C14H23NO2/c16-11-5-9-13-8-4-10-15(13)14(17)12-6-2-1-3-7-12/h1-2,12-13,16H,3-11H2. The fourth-order valence-electron chi connectivity index (χ4n) is 3.01. The van der Waals surface area contributed by atoms with Crippen molar-refractivity contribution in [1.82, 2.24) is 4.90 Å². The Hall–Kier alpha value is -0.830. The number of aliphatic hydroxyl groups is 1. The molecule has 1 saturated heterocycles. The third-order valence-electron chi connectivity index (χ3n) is 3.97. The highest BCUT2D eigenvalue weighted by Crippen LogP contribution is 2.27. The van der Waals surface area contributed by atoms with Crippen LogP contribution < -0.4 is 0 Å². The van der Waals surface area contributed by atoms with Gasteiger partial charge in [0, 0.05) is 25.1 Å². The third-order valence-corrected chi connectivity index (χ3v) is 3.97. The van der Waals surface area contributed by atoms with Crippen molar-refractivity contribution in [2.75, 3.05) is 13.2 Å². The Morgan fingerprint density at radius 1 is 1.35 bits per heavy atom. The lowest BCUT2D eigenvalue weighted by Crippen LogP contribution is -2.40. The quantitative estimate of drug-likeness (QED) is 0.761. The predicted octanol–water partition coefficient (Wildman–Crippen LogP) is 2.11.